The van der Waals surface area contributed by atoms with Gasteiger partial charge in [-0.25, -0.2) is 0 Å². The highest BCUT2D eigenvalue weighted by molar-refractivity contribution is 8.00. The summed E-state index contributed by atoms with van der Waals surface area (Å²) < 4.78 is 0.552. The molecule has 0 atom stereocenters. The van der Waals surface area contributed by atoms with Gasteiger partial charge in [-0.05, 0) is 55.1 Å². The molecule has 0 bridgehead atoms. The van der Waals surface area contributed by atoms with Crippen molar-refractivity contribution in [1.82, 2.24) is 5.32 Å². The van der Waals surface area contributed by atoms with Gasteiger partial charge in [0.2, 0.25) is 0 Å². The van der Waals surface area contributed by atoms with Crippen molar-refractivity contribution in [2.75, 3.05) is 12.8 Å². The van der Waals surface area contributed by atoms with Crippen molar-refractivity contribution >= 4 is 11.8 Å². The van der Waals surface area contributed by atoms with Crippen molar-refractivity contribution in [2.45, 2.75) is 49.8 Å². The molecule has 1 aromatic carbocycles. The second-order valence-corrected chi connectivity index (χ2v) is 7.08. The summed E-state index contributed by atoms with van der Waals surface area (Å²) in [6, 6.07) is 7.07. The zero-order valence-corrected chi connectivity index (χ0v) is 12.1. The molecule has 0 amide bonds. The largest absolute Gasteiger partial charge is 0.311 e. The van der Waals surface area contributed by atoms with E-state index in [1.165, 1.54) is 50.6 Å². The molecule has 0 heterocycles. The van der Waals surface area contributed by atoms with Gasteiger partial charge >= 0.3 is 0 Å². The average molecular weight is 261 g/mol. The average Bonchev–Trinajstić information content (AvgIpc) is 2.80. The fraction of sp³-hybridized carbons (Fsp3) is 0.625. The normalized spacial score (nSPS) is 20.5. The number of thioether (sulfide) groups is 1. The van der Waals surface area contributed by atoms with Crippen LogP contribution < -0.4 is 5.32 Å². The molecule has 1 saturated carbocycles. The topological polar surface area (TPSA) is 12.0 Å². The van der Waals surface area contributed by atoms with Gasteiger partial charge in [0, 0.05) is 17.8 Å². The third-order valence-electron chi connectivity index (χ3n) is 4.64. The lowest BCUT2D eigenvalue weighted by molar-refractivity contribution is 0.345. The highest BCUT2D eigenvalue weighted by atomic mass is 32.2. The summed E-state index contributed by atoms with van der Waals surface area (Å²) in [5, 5.41) is 3.67. The molecule has 0 radical (unpaired) electrons. The summed E-state index contributed by atoms with van der Waals surface area (Å²) in [5.41, 5.74) is 4.64. The third kappa shape index (κ3) is 2.46. The Kier molecular flexibility index (Phi) is 3.67. The fourth-order valence-corrected chi connectivity index (χ4v) is 4.14. The maximum absolute atomic E-state index is 3.67. The van der Waals surface area contributed by atoms with Crippen LogP contribution in [0.1, 0.15) is 42.4 Å². The zero-order valence-electron chi connectivity index (χ0n) is 11.3. The van der Waals surface area contributed by atoms with Crippen molar-refractivity contribution < 1.29 is 0 Å². The van der Waals surface area contributed by atoms with Crippen molar-refractivity contribution in [3.63, 3.8) is 0 Å². The Labute approximate surface area is 115 Å². The second-order valence-electron chi connectivity index (χ2n) is 5.80. The van der Waals surface area contributed by atoms with Crippen LogP contribution in [0.2, 0.25) is 0 Å². The van der Waals surface area contributed by atoms with E-state index in [1.807, 2.05) is 0 Å². The van der Waals surface area contributed by atoms with Crippen molar-refractivity contribution in [2.24, 2.45) is 0 Å². The highest BCUT2D eigenvalue weighted by Crippen LogP contribution is 2.42. The summed E-state index contributed by atoms with van der Waals surface area (Å²) in [6.07, 6.45) is 10.4. The summed E-state index contributed by atoms with van der Waals surface area (Å²) in [5.74, 6) is 0. The predicted molar refractivity (Wildman–Crippen MR) is 80.3 cm³/mol. The van der Waals surface area contributed by atoms with Gasteiger partial charge in [0.1, 0.15) is 0 Å². The Morgan fingerprint density at radius 1 is 1.17 bits per heavy atom. The van der Waals surface area contributed by atoms with E-state index < -0.39 is 0 Å². The van der Waals surface area contributed by atoms with Crippen molar-refractivity contribution in [3.05, 3.63) is 34.9 Å². The van der Waals surface area contributed by atoms with Gasteiger partial charge in [0.05, 0.1) is 0 Å². The zero-order chi connectivity index (χ0) is 12.4. The first-order valence-corrected chi connectivity index (χ1v) is 8.40. The highest BCUT2D eigenvalue weighted by Gasteiger charge is 2.35. The molecule has 1 nitrogen and oxygen atoms in total. The molecule has 1 aromatic rings. The molecule has 2 heteroatoms. The van der Waals surface area contributed by atoms with Crippen LogP contribution in [0.4, 0.5) is 0 Å². The van der Waals surface area contributed by atoms with Gasteiger partial charge in [0.15, 0.2) is 0 Å². The number of benzene rings is 1. The van der Waals surface area contributed by atoms with Crippen LogP contribution >= 0.6 is 11.8 Å². The summed E-state index contributed by atoms with van der Waals surface area (Å²) in [4.78, 5) is 0. The minimum atomic E-state index is 0.552. The molecular formula is C16H23NS. The maximum Gasteiger partial charge on any atom is 0.0281 e. The van der Waals surface area contributed by atoms with Crippen LogP contribution in [0.3, 0.4) is 0 Å². The molecule has 0 spiro atoms. The third-order valence-corrected chi connectivity index (χ3v) is 6.06. The van der Waals surface area contributed by atoms with Gasteiger partial charge in [-0.15, -0.1) is 0 Å². The van der Waals surface area contributed by atoms with Gasteiger partial charge in [-0.3, -0.25) is 0 Å². The Bertz CT molecular complexity index is 418. The monoisotopic (exact) mass is 261 g/mol. The lowest BCUT2D eigenvalue weighted by Gasteiger charge is -2.40. The van der Waals surface area contributed by atoms with E-state index in [-0.39, 0.29) is 0 Å². The van der Waals surface area contributed by atoms with Gasteiger partial charge < -0.3 is 5.32 Å². The smallest absolute Gasteiger partial charge is 0.0281 e. The van der Waals surface area contributed by atoms with E-state index in [0.29, 0.717) is 4.75 Å². The molecule has 1 fully saturated rings. The summed E-state index contributed by atoms with van der Waals surface area (Å²) in [7, 11) is 0. The second kappa shape index (κ2) is 5.26. The molecular weight excluding hydrogens is 238 g/mol. The van der Waals surface area contributed by atoms with E-state index in [2.05, 4.69) is 41.5 Å². The van der Waals surface area contributed by atoms with Crippen LogP contribution in [0.5, 0.6) is 0 Å². The first-order valence-electron chi connectivity index (χ1n) is 7.18. The van der Waals surface area contributed by atoms with E-state index in [1.54, 1.807) is 11.1 Å². The quantitative estimate of drug-likeness (QED) is 0.870. The molecule has 3 rings (SSSR count). The van der Waals surface area contributed by atoms with Crippen LogP contribution in [0.25, 0.3) is 0 Å². The van der Waals surface area contributed by atoms with Crippen LogP contribution in [0.15, 0.2) is 18.2 Å². The molecule has 0 aliphatic heterocycles. The standard InChI is InChI=1S/C16H23NS/c1-18-16(8-3-9-16)12-17-11-13-6-7-14-4-2-5-15(14)10-13/h6-7,10,17H,2-5,8-9,11-12H2,1H3. The number of nitrogens with one attached hydrogen (secondary N) is 1. The predicted octanol–water partition coefficient (Wildman–Crippen LogP) is 3.55. The molecule has 1 N–H and O–H groups in total. The van der Waals surface area contributed by atoms with Crippen LogP contribution in [-0.4, -0.2) is 17.5 Å². The van der Waals surface area contributed by atoms with E-state index in [0.717, 1.165) is 6.54 Å². The summed E-state index contributed by atoms with van der Waals surface area (Å²) >= 11 is 2.05. The minimum Gasteiger partial charge on any atom is -0.311 e. The molecule has 0 aromatic heterocycles. The maximum atomic E-state index is 3.67. The van der Waals surface area contributed by atoms with Gasteiger partial charge in [-0.1, -0.05) is 24.6 Å². The first kappa shape index (κ1) is 12.6. The SMILES string of the molecule is CSC1(CNCc2ccc3c(c2)CCC3)CCC1. The van der Waals surface area contributed by atoms with E-state index in [4.69, 9.17) is 0 Å². The minimum absolute atomic E-state index is 0.552. The fourth-order valence-electron chi connectivity index (χ4n) is 3.19. The van der Waals surface area contributed by atoms with Gasteiger partial charge in [-0.2, -0.15) is 11.8 Å². The number of hydrogen-bond acceptors (Lipinski definition) is 2. The number of fused-ring (bicyclic) bond motifs is 1. The van der Waals surface area contributed by atoms with Crippen LogP contribution in [-0.2, 0) is 19.4 Å². The Hall–Kier alpha value is -0.470. The lowest BCUT2D eigenvalue weighted by Crippen LogP contribution is -2.43. The number of rotatable bonds is 5. The number of hydrogen-bond donors (Lipinski definition) is 1. The molecule has 2 aliphatic carbocycles. The Morgan fingerprint density at radius 2 is 2.00 bits per heavy atom. The molecule has 2 aliphatic rings. The summed E-state index contributed by atoms with van der Waals surface area (Å²) in [6.45, 7) is 2.21. The first-order chi connectivity index (χ1) is 8.81. The lowest BCUT2D eigenvalue weighted by atomic mass is 9.84. The molecule has 0 unspecified atom stereocenters. The number of aryl methyl sites for hydroxylation is 2. The van der Waals surface area contributed by atoms with Crippen molar-refractivity contribution in [3.8, 4) is 0 Å². The molecule has 98 valence electrons. The Balaban J connectivity index is 1.54. The van der Waals surface area contributed by atoms with E-state index in [9.17, 15) is 0 Å². The van der Waals surface area contributed by atoms with E-state index >= 15 is 0 Å². The Morgan fingerprint density at radius 3 is 2.72 bits per heavy atom. The molecule has 0 saturated heterocycles. The van der Waals surface area contributed by atoms with Crippen molar-refractivity contribution in [1.29, 1.82) is 0 Å². The molecule has 18 heavy (non-hydrogen) atoms. The van der Waals surface area contributed by atoms with Crippen LogP contribution in [0, 0.1) is 0 Å². The van der Waals surface area contributed by atoms with Gasteiger partial charge in [0.25, 0.3) is 0 Å².